The van der Waals surface area contributed by atoms with Crippen LogP contribution in [0.25, 0.3) is 6.08 Å². The number of allylic oxidation sites excluding steroid dienone is 1. The minimum Gasteiger partial charge on any atom is -0.493 e. The van der Waals surface area contributed by atoms with Crippen LogP contribution >= 0.6 is 0 Å². The summed E-state index contributed by atoms with van der Waals surface area (Å²) < 4.78 is 16.7. The van der Waals surface area contributed by atoms with Crippen molar-refractivity contribution in [3.63, 3.8) is 0 Å². The molecule has 7 atom stereocenters. The maximum atomic E-state index is 11.7. The Bertz CT molecular complexity index is 1090. The predicted octanol–water partition coefficient (Wildman–Crippen LogP) is 6.49. The number of rotatable bonds is 5. The molecule has 5 heteroatoms. The maximum absolute atomic E-state index is 11.7. The number of ether oxygens (including phenoxy) is 3. The predicted molar refractivity (Wildman–Crippen MR) is 152 cm³/mol. The molecule has 0 amide bonds. The molecule has 208 valence electrons. The quantitative estimate of drug-likeness (QED) is 0.449. The molecule has 1 saturated heterocycles. The SMILES string of the molecule is COc1cc(/C=C2\C[C@H]3[C@@H]4CC=C5C[C@@H](N6CCCC6)CC[C@]5(C)[C@H]4CC[C@]3(C)[C@H]2O)cc(OC)c1OC. The van der Waals surface area contributed by atoms with Crippen LogP contribution in [0.15, 0.2) is 29.4 Å². The van der Waals surface area contributed by atoms with Crippen molar-refractivity contribution in [3.8, 4) is 17.2 Å². The standard InChI is InChI=1S/C33H47NO4/c1-32-12-10-24(34-14-6-7-15-34)20-23(32)8-9-25-26(32)11-13-33(2)27(25)19-22(31(33)35)16-21-17-28(36-3)30(38-5)29(18-21)37-4/h8,16-18,24-27,31,35H,6-7,9-15,19-20H2,1-5H3/b22-16+/t24-,25+,26-,27-,31-,32-,33-/m0/s1. The second-order valence-electron chi connectivity index (χ2n) is 13.2. The van der Waals surface area contributed by atoms with E-state index < -0.39 is 6.10 Å². The van der Waals surface area contributed by atoms with Gasteiger partial charge in [0.1, 0.15) is 0 Å². The van der Waals surface area contributed by atoms with Gasteiger partial charge in [0.05, 0.1) is 27.4 Å². The number of hydrogen-bond acceptors (Lipinski definition) is 5. The van der Waals surface area contributed by atoms with Crippen molar-refractivity contribution in [1.82, 2.24) is 4.90 Å². The van der Waals surface area contributed by atoms with E-state index in [9.17, 15) is 5.11 Å². The van der Waals surface area contributed by atoms with Crippen LogP contribution < -0.4 is 14.2 Å². The molecule has 1 aromatic carbocycles. The van der Waals surface area contributed by atoms with Gasteiger partial charge in [-0.15, -0.1) is 0 Å². The summed E-state index contributed by atoms with van der Waals surface area (Å²) in [6.07, 6.45) is 15.7. The normalized spacial score (nSPS) is 39.8. The molecule has 0 aromatic heterocycles. The second kappa shape index (κ2) is 9.89. The summed E-state index contributed by atoms with van der Waals surface area (Å²) in [4.78, 5) is 2.78. The number of nitrogens with zero attached hydrogens (tertiary/aromatic N) is 1. The topological polar surface area (TPSA) is 51.2 Å². The summed E-state index contributed by atoms with van der Waals surface area (Å²) in [5, 5.41) is 11.7. The third-order valence-electron chi connectivity index (χ3n) is 11.6. The largest absolute Gasteiger partial charge is 0.493 e. The van der Waals surface area contributed by atoms with E-state index in [1.54, 1.807) is 26.9 Å². The van der Waals surface area contributed by atoms with E-state index in [2.05, 4.69) is 30.9 Å². The molecule has 1 aliphatic heterocycles. The third-order valence-corrected chi connectivity index (χ3v) is 11.6. The molecule has 0 radical (unpaired) electrons. The van der Waals surface area contributed by atoms with Crippen molar-refractivity contribution >= 4 is 6.08 Å². The Kier molecular flexibility index (Phi) is 6.83. The Labute approximate surface area is 229 Å². The van der Waals surface area contributed by atoms with Crippen molar-refractivity contribution in [2.24, 2.45) is 28.6 Å². The number of benzene rings is 1. The summed E-state index contributed by atoms with van der Waals surface area (Å²) in [7, 11) is 4.93. The average Bonchev–Trinajstić information content (AvgIpc) is 3.55. The number of hydrogen-bond donors (Lipinski definition) is 1. The first-order valence-electron chi connectivity index (χ1n) is 14.9. The average molecular weight is 522 g/mol. The Morgan fingerprint density at radius 3 is 2.29 bits per heavy atom. The van der Waals surface area contributed by atoms with Gasteiger partial charge in [-0.1, -0.05) is 31.6 Å². The van der Waals surface area contributed by atoms with Gasteiger partial charge in [0.2, 0.25) is 5.75 Å². The van der Waals surface area contributed by atoms with Crippen LogP contribution in [0.2, 0.25) is 0 Å². The van der Waals surface area contributed by atoms with Gasteiger partial charge in [-0.25, -0.2) is 0 Å². The number of aliphatic hydroxyl groups excluding tert-OH is 1. The Balaban J connectivity index is 1.27. The smallest absolute Gasteiger partial charge is 0.203 e. The second-order valence-corrected chi connectivity index (χ2v) is 13.2. The fraction of sp³-hybridized carbons (Fsp3) is 0.697. The van der Waals surface area contributed by atoms with E-state index in [1.807, 2.05) is 12.1 Å². The lowest BCUT2D eigenvalue weighted by molar-refractivity contribution is -0.0662. The van der Waals surface area contributed by atoms with E-state index in [4.69, 9.17) is 14.2 Å². The van der Waals surface area contributed by atoms with Gasteiger partial charge in [-0.05, 0) is 117 Å². The van der Waals surface area contributed by atoms with Gasteiger partial charge in [-0.3, -0.25) is 0 Å². The summed E-state index contributed by atoms with van der Waals surface area (Å²) in [6, 6.07) is 4.75. The molecule has 38 heavy (non-hydrogen) atoms. The fourth-order valence-electron chi connectivity index (χ4n) is 9.46. The van der Waals surface area contributed by atoms with Gasteiger partial charge >= 0.3 is 0 Å². The molecule has 4 fully saturated rings. The zero-order chi connectivity index (χ0) is 26.7. The highest BCUT2D eigenvalue weighted by Crippen LogP contribution is 2.66. The van der Waals surface area contributed by atoms with Gasteiger partial charge < -0.3 is 24.2 Å². The molecule has 0 bridgehead atoms. The zero-order valence-corrected chi connectivity index (χ0v) is 24.1. The molecule has 1 N–H and O–H groups in total. The van der Waals surface area contributed by atoms with Crippen LogP contribution in [0.4, 0.5) is 0 Å². The first-order valence-corrected chi connectivity index (χ1v) is 14.9. The van der Waals surface area contributed by atoms with Crippen molar-refractivity contribution in [1.29, 1.82) is 0 Å². The first-order chi connectivity index (χ1) is 18.3. The zero-order valence-electron chi connectivity index (χ0n) is 24.1. The highest BCUT2D eigenvalue weighted by Gasteiger charge is 2.59. The van der Waals surface area contributed by atoms with E-state index in [-0.39, 0.29) is 5.41 Å². The van der Waals surface area contributed by atoms with Crippen LogP contribution in [0.3, 0.4) is 0 Å². The first kappa shape index (κ1) is 26.3. The van der Waals surface area contributed by atoms with Crippen molar-refractivity contribution in [3.05, 3.63) is 34.9 Å². The van der Waals surface area contributed by atoms with E-state index in [0.29, 0.717) is 34.5 Å². The molecule has 6 rings (SSSR count). The highest BCUT2D eigenvalue weighted by molar-refractivity contribution is 5.64. The summed E-state index contributed by atoms with van der Waals surface area (Å²) in [5.74, 6) is 3.83. The van der Waals surface area contributed by atoms with Gasteiger partial charge in [0.25, 0.3) is 0 Å². The lowest BCUT2D eigenvalue weighted by Gasteiger charge is -2.58. The van der Waals surface area contributed by atoms with Gasteiger partial charge in [0, 0.05) is 11.5 Å². The number of likely N-dealkylation sites (tertiary alicyclic amines) is 1. The molecule has 5 aliphatic rings. The highest BCUT2D eigenvalue weighted by atomic mass is 16.5. The minimum absolute atomic E-state index is 0.0535. The summed E-state index contributed by atoms with van der Waals surface area (Å²) >= 11 is 0. The number of fused-ring (bicyclic) bond motifs is 5. The summed E-state index contributed by atoms with van der Waals surface area (Å²) in [6.45, 7) is 7.57. The molecular formula is C33H47NO4. The van der Waals surface area contributed by atoms with Gasteiger partial charge in [0.15, 0.2) is 11.5 Å². The van der Waals surface area contributed by atoms with E-state index in [0.717, 1.165) is 35.9 Å². The lowest BCUT2D eigenvalue weighted by Crippen LogP contribution is -2.52. The fourth-order valence-corrected chi connectivity index (χ4v) is 9.46. The van der Waals surface area contributed by atoms with Crippen LogP contribution in [-0.4, -0.2) is 56.6 Å². The molecule has 0 unspecified atom stereocenters. The van der Waals surface area contributed by atoms with Crippen LogP contribution in [0.1, 0.15) is 77.2 Å². The van der Waals surface area contributed by atoms with Crippen molar-refractivity contribution in [2.45, 2.75) is 83.8 Å². The Hall–Kier alpha value is -1.98. The lowest BCUT2D eigenvalue weighted by atomic mass is 9.48. The summed E-state index contributed by atoms with van der Waals surface area (Å²) in [5.41, 5.74) is 4.20. The van der Waals surface area contributed by atoms with E-state index >= 15 is 0 Å². The molecule has 0 spiro atoms. The maximum Gasteiger partial charge on any atom is 0.203 e. The Morgan fingerprint density at radius 2 is 1.63 bits per heavy atom. The van der Waals surface area contributed by atoms with Crippen molar-refractivity contribution < 1.29 is 19.3 Å². The third kappa shape index (κ3) is 4.02. The monoisotopic (exact) mass is 521 g/mol. The van der Waals surface area contributed by atoms with Crippen molar-refractivity contribution in [2.75, 3.05) is 34.4 Å². The molecule has 1 aromatic rings. The molecule has 3 saturated carbocycles. The minimum atomic E-state index is -0.406. The Morgan fingerprint density at radius 1 is 0.921 bits per heavy atom. The number of aliphatic hydroxyl groups is 1. The van der Waals surface area contributed by atoms with Crippen LogP contribution in [0, 0.1) is 28.6 Å². The van der Waals surface area contributed by atoms with Crippen LogP contribution in [0.5, 0.6) is 17.2 Å². The molecular weight excluding hydrogens is 474 g/mol. The van der Waals surface area contributed by atoms with Gasteiger partial charge in [-0.2, -0.15) is 0 Å². The van der Waals surface area contributed by atoms with Crippen LogP contribution in [-0.2, 0) is 0 Å². The number of methoxy groups -OCH3 is 3. The van der Waals surface area contributed by atoms with E-state index in [1.165, 1.54) is 58.0 Å². The molecule has 5 nitrogen and oxygen atoms in total. The molecule has 1 heterocycles. The molecule has 4 aliphatic carbocycles.